The van der Waals surface area contributed by atoms with Gasteiger partial charge in [-0.3, -0.25) is 9.59 Å². The molecule has 1 aromatic carbocycles. The Morgan fingerprint density at radius 1 is 1.25 bits per heavy atom. The summed E-state index contributed by atoms with van der Waals surface area (Å²) in [6.07, 6.45) is 2.19. The van der Waals surface area contributed by atoms with Gasteiger partial charge >= 0.3 is 5.97 Å². The summed E-state index contributed by atoms with van der Waals surface area (Å²) in [7, 11) is 0. The van der Waals surface area contributed by atoms with Crippen molar-refractivity contribution in [3.8, 4) is 5.75 Å². The maximum Gasteiger partial charge on any atom is 0.342 e. The zero-order chi connectivity index (χ0) is 17.5. The molecule has 0 aromatic heterocycles. The molecule has 0 unspecified atom stereocenters. The Morgan fingerprint density at radius 3 is 2.71 bits per heavy atom. The lowest BCUT2D eigenvalue weighted by Crippen LogP contribution is -2.51. The summed E-state index contributed by atoms with van der Waals surface area (Å²) in [6, 6.07) is 6.05. The lowest BCUT2D eigenvalue weighted by Gasteiger charge is -2.33. The molecule has 2 amide bonds. The standard InChI is InChI=1S/C17H22N2O5/c1-2-23-14-9-4-3-7-12(14)17(22)24-11-15(20)19-10-6-5-8-13(19)16(18)21/h3-4,7,9,13H,2,5-6,8,10-11H2,1H3,(H2,18,21)/t13-/m1/s1. The molecule has 130 valence electrons. The average Bonchev–Trinajstić information content (AvgIpc) is 2.60. The van der Waals surface area contributed by atoms with Gasteiger partial charge in [-0.2, -0.15) is 0 Å². The lowest BCUT2D eigenvalue weighted by molar-refractivity contribution is -0.143. The van der Waals surface area contributed by atoms with E-state index in [1.165, 1.54) is 4.90 Å². The van der Waals surface area contributed by atoms with Crippen molar-refractivity contribution in [2.24, 2.45) is 5.73 Å². The smallest absolute Gasteiger partial charge is 0.342 e. The molecule has 1 saturated heterocycles. The number of piperidine rings is 1. The fourth-order valence-electron chi connectivity index (χ4n) is 2.73. The second-order valence-corrected chi connectivity index (χ2v) is 5.51. The van der Waals surface area contributed by atoms with Crippen molar-refractivity contribution >= 4 is 17.8 Å². The van der Waals surface area contributed by atoms with E-state index in [0.29, 0.717) is 25.3 Å². The highest BCUT2D eigenvalue weighted by Gasteiger charge is 2.31. The molecular weight excluding hydrogens is 312 g/mol. The molecule has 0 radical (unpaired) electrons. The van der Waals surface area contributed by atoms with E-state index in [1.54, 1.807) is 24.3 Å². The summed E-state index contributed by atoms with van der Waals surface area (Å²) in [4.78, 5) is 37.3. The topological polar surface area (TPSA) is 98.9 Å². The highest BCUT2D eigenvalue weighted by atomic mass is 16.5. The Hall–Kier alpha value is -2.57. The number of rotatable bonds is 6. The van der Waals surface area contributed by atoms with E-state index in [0.717, 1.165) is 12.8 Å². The molecule has 2 N–H and O–H groups in total. The molecule has 1 heterocycles. The minimum Gasteiger partial charge on any atom is -0.493 e. The number of carbonyl (C=O) groups is 3. The third-order valence-corrected chi connectivity index (χ3v) is 3.89. The molecule has 1 aliphatic heterocycles. The Morgan fingerprint density at radius 2 is 2.00 bits per heavy atom. The van der Waals surface area contributed by atoms with Gasteiger partial charge in [-0.15, -0.1) is 0 Å². The van der Waals surface area contributed by atoms with Crippen molar-refractivity contribution in [2.45, 2.75) is 32.2 Å². The Balaban J connectivity index is 1.98. The highest BCUT2D eigenvalue weighted by molar-refractivity contribution is 5.94. The van der Waals surface area contributed by atoms with Crippen LogP contribution in [0.4, 0.5) is 0 Å². The molecule has 0 spiro atoms. The molecule has 7 heteroatoms. The van der Waals surface area contributed by atoms with E-state index in [-0.39, 0.29) is 5.56 Å². The predicted octanol–water partition coefficient (Wildman–Crippen LogP) is 1.11. The number of hydrogen-bond acceptors (Lipinski definition) is 5. The maximum atomic E-state index is 12.3. The van der Waals surface area contributed by atoms with Gasteiger partial charge in [0.1, 0.15) is 17.4 Å². The van der Waals surface area contributed by atoms with Gasteiger partial charge in [0.2, 0.25) is 5.91 Å². The number of likely N-dealkylation sites (tertiary alicyclic amines) is 1. The number of nitrogens with zero attached hydrogens (tertiary/aromatic N) is 1. The minimum absolute atomic E-state index is 0.261. The molecule has 1 atom stereocenters. The first-order valence-corrected chi connectivity index (χ1v) is 8.02. The van der Waals surface area contributed by atoms with Gasteiger partial charge in [0.15, 0.2) is 6.61 Å². The fraction of sp³-hybridized carbons (Fsp3) is 0.471. The summed E-state index contributed by atoms with van der Waals surface area (Å²) >= 11 is 0. The van der Waals surface area contributed by atoms with Crippen molar-refractivity contribution in [3.63, 3.8) is 0 Å². The lowest BCUT2D eigenvalue weighted by atomic mass is 10.0. The second kappa shape index (κ2) is 8.33. The van der Waals surface area contributed by atoms with Gasteiger partial charge in [-0.05, 0) is 38.3 Å². The third-order valence-electron chi connectivity index (χ3n) is 3.89. The van der Waals surface area contributed by atoms with Crippen molar-refractivity contribution in [1.29, 1.82) is 0 Å². The van der Waals surface area contributed by atoms with Gasteiger partial charge in [0, 0.05) is 6.54 Å². The van der Waals surface area contributed by atoms with Gasteiger partial charge in [-0.1, -0.05) is 12.1 Å². The van der Waals surface area contributed by atoms with E-state index in [4.69, 9.17) is 15.2 Å². The van der Waals surface area contributed by atoms with Gasteiger partial charge in [-0.25, -0.2) is 4.79 Å². The van der Waals surface area contributed by atoms with Crippen LogP contribution in [-0.2, 0) is 14.3 Å². The van der Waals surface area contributed by atoms with Gasteiger partial charge < -0.3 is 20.1 Å². The van der Waals surface area contributed by atoms with E-state index >= 15 is 0 Å². The van der Waals surface area contributed by atoms with Gasteiger partial charge in [0.05, 0.1) is 6.61 Å². The average molecular weight is 334 g/mol. The van der Waals surface area contributed by atoms with E-state index in [2.05, 4.69) is 0 Å². The largest absolute Gasteiger partial charge is 0.493 e. The van der Waals surface area contributed by atoms with Gasteiger partial charge in [0.25, 0.3) is 5.91 Å². The number of hydrogen-bond donors (Lipinski definition) is 1. The molecule has 0 aliphatic carbocycles. The van der Waals surface area contributed by atoms with Crippen LogP contribution in [-0.4, -0.2) is 48.5 Å². The fourth-order valence-corrected chi connectivity index (χ4v) is 2.73. The number of primary amides is 1. The molecule has 1 fully saturated rings. The van der Waals surface area contributed by atoms with Crippen LogP contribution >= 0.6 is 0 Å². The predicted molar refractivity (Wildman–Crippen MR) is 86.4 cm³/mol. The first-order valence-electron chi connectivity index (χ1n) is 8.02. The van der Waals surface area contributed by atoms with Crippen LogP contribution in [0.2, 0.25) is 0 Å². The number of para-hydroxylation sites is 1. The molecule has 24 heavy (non-hydrogen) atoms. The number of ether oxygens (including phenoxy) is 2. The molecule has 1 aromatic rings. The van der Waals surface area contributed by atoms with Crippen LogP contribution in [0.3, 0.4) is 0 Å². The van der Waals surface area contributed by atoms with E-state index < -0.39 is 30.4 Å². The van der Waals surface area contributed by atoms with Crippen molar-refractivity contribution in [2.75, 3.05) is 19.8 Å². The van der Waals surface area contributed by atoms with Crippen LogP contribution in [0.1, 0.15) is 36.5 Å². The van der Waals surface area contributed by atoms with Crippen molar-refractivity contribution < 1.29 is 23.9 Å². The summed E-state index contributed by atoms with van der Waals surface area (Å²) < 4.78 is 10.5. The number of carbonyl (C=O) groups excluding carboxylic acids is 3. The number of benzene rings is 1. The first kappa shape index (κ1) is 17.8. The SMILES string of the molecule is CCOc1ccccc1C(=O)OCC(=O)N1CCCC[C@@H]1C(N)=O. The van der Waals surface area contributed by atoms with Crippen LogP contribution in [0.25, 0.3) is 0 Å². The number of nitrogens with two attached hydrogens (primary N) is 1. The van der Waals surface area contributed by atoms with Crippen LogP contribution in [0.15, 0.2) is 24.3 Å². The molecule has 2 rings (SSSR count). The normalized spacial score (nSPS) is 17.2. The Kier molecular flexibility index (Phi) is 6.17. The third kappa shape index (κ3) is 4.24. The molecule has 0 bridgehead atoms. The summed E-state index contributed by atoms with van der Waals surface area (Å²) in [5.74, 6) is -1.18. The summed E-state index contributed by atoms with van der Waals surface area (Å²) in [5.41, 5.74) is 5.60. The number of amides is 2. The highest BCUT2D eigenvalue weighted by Crippen LogP contribution is 2.20. The van der Waals surface area contributed by atoms with Crippen LogP contribution < -0.4 is 10.5 Å². The monoisotopic (exact) mass is 334 g/mol. The number of esters is 1. The molecule has 7 nitrogen and oxygen atoms in total. The first-order chi connectivity index (χ1) is 11.5. The van der Waals surface area contributed by atoms with Crippen molar-refractivity contribution in [1.82, 2.24) is 4.90 Å². The van der Waals surface area contributed by atoms with Crippen LogP contribution in [0, 0.1) is 0 Å². The molecule has 0 saturated carbocycles. The Bertz CT molecular complexity index is 617. The quantitative estimate of drug-likeness (QED) is 0.786. The van der Waals surface area contributed by atoms with E-state index in [9.17, 15) is 14.4 Å². The molecular formula is C17H22N2O5. The minimum atomic E-state index is -0.639. The van der Waals surface area contributed by atoms with E-state index in [1.807, 2.05) is 6.92 Å². The zero-order valence-electron chi connectivity index (χ0n) is 13.7. The van der Waals surface area contributed by atoms with Crippen molar-refractivity contribution in [3.05, 3.63) is 29.8 Å². The second-order valence-electron chi connectivity index (χ2n) is 5.51. The maximum absolute atomic E-state index is 12.3. The summed E-state index contributed by atoms with van der Waals surface area (Å²) in [5, 5.41) is 0. The summed E-state index contributed by atoms with van der Waals surface area (Å²) in [6.45, 7) is 2.24. The van der Waals surface area contributed by atoms with Crippen LogP contribution in [0.5, 0.6) is 5.75 Å². The zero-order valence-corrected chi connectivity index (χ0v) is 13.7. The molecule has 1 aliphatic rings. The Labute approximate surface area is 140 Å².